The maximum absolute atomic E-state index is 5.22. The van der Waals surface area contributed by atoms with Crippen molar-refractivity contribution in [1.29, 1.82) is 0 Å². The lowest BCUT2D eigenvalue weighted by Gasteiger charge is -2.19. The smallest absolute Gasteiger partial charge is 0.213 e. The van der Waals surface area contributed by atoms with Crippen molar-refractivity contribution in [1.82, 2.24) is 10.3 Å². The Morgan fingerprint density at radius 2 is 2.31 bits per heavy atom. The van der Waals surface area contributed by atoms with E-state index in [0.717, 1.165) is 30.6 Å². The van der Waals surface area contributed by atoms with Crippen LogP contribution < -0.4 is 10.1 Å². The molecule has 2 rings (SSSR count). The van der Waals surface area contributed by atoms with Crippen molar-refractivity contribution in [3.05, 3.63) is 23.4 Å². The largest absolute Gasteiger partial charge is 0.481 e. The second kappa shape index (κ2) is 4.83. The third kappa shape index (κ3) is 2.35. The molecule has 0 amide bonds. The molecule has 1 fully saturated rings. The summed E-state index contributed by atoms with van der Waals surface area (Å²) in [6, 6.07) is 4.24. The highest BCUT2D eigenvalue weighted by Gasteiger charge is 2.23. The van der Waals surface area contributed by atoms with Gasteiger partial charge in [0.05, 0.1) is 7.11 Å². The monoisotopic (exact) mass is 220 g/mol. The molecule has 1 N–H and O–H groups in total. The molecule has 1 saturated heterocycles. The SMILES string of the molecule is COc1cc([C@@H](C)[C@@H]2CCNC2)cc(C)n1. The zero-order valence-corrected chi connectivity index (χ0v) is 10.3. The number of aromatic nitrogens is 1. The molecule has 88 valence electrons. The minimum absolute atomic E-state index is 0.575. The summed E-state index contributed by atoms with van der Waals surface area (Å²) >= 11 is 0. The van der Waals surface area contributed by atoms with Gasteiger partial charge in [0.1, 0.15) is 0 Å². The van der Waals surface area contributed by atoms with Crippen molar-refractivity contribution in [2.75, 3.05) is 20.2 Å². The number of hydrogen-bond acceptors (Lipinski definition) is 3. The van der Waals surface area contributed by atoms with E-state index in [-0.39, 0.29) is 0 Å². The molecule has 3 heteroatoms. The normalized spacial score (nSPS) is 22.1. The van der Waals surface area contributed by atoms with E-state index in [9.17, 15) is 0 Å². The van der Waals surface area contributed by atoms with Crippen LogP contribution >= 0.6 is 0 Å². The van der Waals surface area contributed by atoms with E-state index >= 15 is 0 Å². The van der Waals surface area contributed by atoms with Crippen LogP contribution in [0.15, 0.2) is 12.1 Å². The molecular weight excluding hydrogens is 200 g/mol. The van der Waals surface area contributed by atoms with E-state index in [1.54, 1.807) is 7.11 Å². The van der Waals surface area contributed by atoms with Gasteiger partial charge >= 0.3 is 0 Å². The Labute approximate surface area is 97.2 Å². The summed E-state index contributed by atoms with van der Waals surface area (Å²) in [5.74, 6) is 2.05. The molecule has 0 spiro atoms. The molecule has 0 bridgehead atoms. The zero-order valence-electron chi connectivity index (χ0n) is 10.3. The van der Waals surface area contributed by atoms with Gasteiger partial charge in [0.2, 0.25) is 5.88 Å². The van der Waals surface area contributed by atoms with E-state index in [0.29, 0.717) is 5.92 Å². The third-order valence-corrected chi connectivity index (χ3v) is 3.49. The summed E-state index contributed by atoms with van der Waals surface area (Å²) in [5, 5.41) is 3.42. The second-order valence-electron chi connectivity index (χ2n) is 4.63. The third-order valence-electron chi connectivity index (χ3n) is 3.49. The Hall–Kier alpha value is -1.09. The van der Waals surface area contributed by atoms with Crippen LogP contribution in [0.5, 0.6) is 5.88 Å². The molecule has 0 radical (unpaired) electrons. The number of nitrogens with zero attached hydrogens (tertiary/aromatic N) is 1. The van der Waals surface area contributed by atoms with Crippen molar-refractivity contribution >= 4 is 0 Å². The summed E-state index contributed by atoms with van der Waals surface area (Å²) in [6.07, 6.45) is 1.27. The van der Waals surface area contributed by atoms with Crippen LogP contribution in [0, 0.1) is 12.8 Å². The first-order chi connectivity index (χ1) is 7.70. The highest BCUT2D eigenvalue weighted by atomic mass is 16.5. The molecule has 1 aliphatic rings. The minimum Gasteiger partial charge on any atom is -0.481 e. The Bertz CT molecular complexity index is 359. The minimum atomic E-state index is 0.575. The average molecular weight is 220 g/mol. The van der Waals surface area contributed by atoms with Crippen LogP contribution in [0.4, 0.5) is 0 Å². The van der Waals surface area contributed by atoms with Gasteiger partial charge in [-0.25, -0.2) is 4.98 Å². The first-order valence-corrected chi connectivity index (χ1v) is 5.94. The fraction of sp³-hybridized carbons (Fsp3) is 0.615. The van der Waals surface area contributed by atoms with Gasteiger partial charge in [0.25, 0.3) is 0 Å². The van der Waals surface area contributed by atoms with E-state index in [2.05, 4.69) is 29.4 Å². The van der Waals surface area contributed by atoms with Gasteiger partial charge in [-0.15, -0.1) is 0 Å². The Balaban J connectivity index is 2.21. The predicted octanol–water partition coefficient (Wildman–Crippen LogP) is 2.11. The molecule has 0 aromatic carbocycles. The first kappa shape index (κ1) is 11.4. The highest BCUT2D eigenvalue weighted by Crippen LogP contribution is 2.30. The lowest BCUT2D eigenvalue weighted by Crippen LogP contribution is -2.14. The van der Waals surface area contributed by atoms with Crippen LogP contribution in [0.25, 0.3) is 0 Å². The molecule has 0 unspecified atom stereocenters. The fourth-order valence-corrected chi connectivity index (χ4v) is 2.41. The molecule has 16 heavy (non-hydrogen) atoms. The van der Waals surface area contributed by atoms with Gasteiger partial charge in [0.15, 0.2) is 0 Å². The summed E-state index contributed by atoms with van der Waals surface area (Å²) in [6.45, 7) is 6.60. The average Bonchev–Trinajstić information content (AvgIpc) is 2.80. The summed E-state index contributed by atoms with van der Waals surface area (Å²) in [7, 11) is 1.67. The van der Waals surface area contributed by atoms with Crippen LogP contribution in [-0.4, -0.2) is 25.2 Å². The van der Waals surface area contributed by atoms with Gasteiger partial charge in [-0.05, 0) is 49.9 Å². The molecular formula is C13H20N2O. The summed E-state index contributed by atoms with van der Waals surface area (Å²) < 4.78 is 5.22. The maximum Gasteiger partial charge on any atom is 0.213 e. The Kier molecular flexibility index (Phi) is 3.44. The van der Waals surface area contributed by atoms with Crippen molar-refractivity contribution in [2.45, 2.75) is 26.2 Å². The molecule has 2 atom stereocenters. The van der Waals surface area contributed by atoms with Crippen LogP contribution in [0.1, 0.15) is 30.5 Å². The van der Waals surface area contributed by atoms with Gasteiger partial charge in [-0.2, -0.15) is 0 Å². The van der Waals surface area contributed by atoms with Crippen molar-refractivity contribution < 1.29 is 4.74 Å². The highest BCUT2D eigenvalue weighted by molar-refractivity contribution is 5.28. The predicted molar refractivity (Wildman–Crippen MR) is 64.9 cm³/mol. The zero-order chi connectivity index (χ0) is 11.5. The van der Waals surface area contributed by atoms with E-state index in [4.69, 9.17) is 4.74 Å². The first-order valence-electron chi connectivity index (χ1n) is 5.94. The van der Waals surface area contributed by atoms with Crippen LogP contribution in [0.3, 0.4) is 0 Å². The number of aryl methyl sites for hydroxylation is 1. The number of hydrogen-bond donors (Lipinski definition) is 1. The van der Waals surface area contributed by atoms with Gasteiger partial charge in [-0.3, -0.25) is 0 Å². The van der Waals surface area contributed by atoms with Crippen molar-refractivity contribution in [3.8, 4) is 5.88 Å². The molecule has 0 saturated carbocycles. The lowest BCUT2D eigenvalue weighted by atomic mass is 9.87. The van der Waals surface area contributed by atoms with Crippen LogP contribution in [-0.2, 0) is 0 Å². The molecule has 1 aliphatic heterocycles. The maximum atomic E-state index is 5.22. The fourth-order valence-electron chi connectivity index (χ4n) is 2.41. The lowest BCUT2D eigenvalue weighted by molar-refractivity contribution is 0.394. The van der Waals surface area contributed by atoms with Gasteiger partial charge in [0, 0.05) is 11.8 Å². The topological polar surface area (TPSA) is 34.1 Å². The number of nitrogens with one attached hydrogen (secondary N) is 1. The van der Waals surface area contributed by atoms with Gasteiger partial charge < -0.3 is 10.1 Å². The molecule has 1 aromatic heterocycles. The summed E-state index contributed by atoms with van der Waals surface area (Å²) in [5.41, 5.74) is 2.38. The quantitative estimate of drug-likeness (QED) is 0.847. The number of rotatable bonds is 3. The van der Waals surface area contributed by atoms with Crippen molar-refractivity contribution in [3.63, 3.8) is 0 Å². The number of pyridine rings is 1. The number of methoxy groups -OCH3 is 1. The molecule has 3 nitrogen and oxygen atoms in total. The van der Waals surface area contributed by atoms with Crippen LogP contribution in [0.2, 0.25) is 0 Å². The molecule has 2 heterocycles. The van der Waals surface area contributed by atoms with E-state index in [1.807, 2.05) is 6.92 Å². The molecule has 0 aliphatic carbocycles. The van der Waals surface area contributed by atoms with E-state index < -0.39 is 0 Å². The standard InChI is InChI=1S/C13H20N2O/c1-9-6-12(7-13(15-9)16-3)10(2)11-4-5-14-8-11/h6-7,10-11,14H,4-5,8H2,1-3H3/t10-,11+/m0/s1. The second-order valence-corrected chi connectivity index (χ2v) is 4.63. The van der Waals surface area contributed by atoms with Gasteiger partial charge in [-0.1, -0.05) is 6.92 Å². The number of ether oxygens (including phenoxy) is 1. The molecule has 1 aromatic rings. The van der Waals surface area contributed by atoms with Crippen molar-refractivity contribution in [2.24, 2.45) is 5.92 Å². The van der Waals surface area contributed by atoms with E-state index in [1.165, 1.54) is 12.0 Å². The summed E-state index contributed by atoms with van der Waals surface area (Å²) in [4.78, 5) is 4.32. The Morgan fingerprint density at radius 1 is 1.50 bits per heavy atom. The Morgan fingerprint density at radius 3 is 2.94 bits per heavy atom.